The highest BCUT2D eigenvalue weighted by molar-refractivity contribution is 5.86. The molecule has 0 aliphatic carbocycles. The van der Waals surface area contributed by atoms with Crippen LogP contribution in [0.3, 0.4) is 0 Å². The monoisotopic (exact) mass is 604 g/mol. The number of nitrogens with zero attached hydrogens (tertiary/aromatic N) is 4. The van der Waals surface area contributed by atoms with Gasteiger partial charge in [-0.25, -0.2) is 4.79 Å². The number of piperidine rings is 3. The van der Waals surface area contributed by atoms with Crippen LogP contribution in [0.2, 0.25) is 0 Å². The molecular weight excluding hydrogens is 556 g/mol. The number of carbonyl (C=O) groups is 2. The number of amides is 3. The Bertz CT molecular complexity index is 1380. The van der Waals surface area contributed by atoms with Gasteiger partial charge in [0.1, 0.15) is 11.6 Å². The Morgan fingerprint density at radius 3 is 2.18 bits per heavy atom. The van der Waals surface area contributed by atoms with E-state index in [0.717, 1.165) is 70.4 Å². The van der Waals surface area contributed by atoms with Crippen LogP contribution in [-0.2, 0) is 11.2 Å². The van der Waals surface area contributed by atoms with E-state index in [0.29, 0.717) is 55.1 Å². The van der Waals surface area contributed by atoms with Gasteiger partial charge in [0.15, 0.2) is 0 Å². The number of anilines is 1. The Morgan fingerprint density at radius 2 is 1.52 bits per heavy atom. The smallest absolute Gasteiger partial charge is 0.314 e. The van der Waals surface area contributed by atoms with Gasteiger partial charge in [0.25, 0.3) is 0 Å². The number of nitrogen functional groups attached to an aromatic ring is 1. The second kappa shape index (κ2) is 12.7. The van der Waals surface area contributed by atoms with Gasteiger partial charge in [0.2, 0.25) is 5.91 Å². The van der Waals surface area contributed by atoms with Crippen LogP contribution < -0.4 is 17.2 Å². The summed E-state index contributed by atoms with van der Waals surface area (Å²) < 4.78 is 0. The van der Waals surface area contributed by atoms with Gasteiger partial charge >= 0.3 is 6.03 Å². The molecule has 4 aliphatic heterocycles. The molecule has 8 N–H and O–H groups in total. The number of benzene rings is 1. The van der Waals surface area contributed by atoms with Crippen molar-refractivity contribution in [3.05, 3.63) is 46.6 Å². The second-order valence-electron chi connectivity index (χ2n) is 13.0. The lowest BCUT2D eigenvalue weighted by molar-refractivity contribution is -0.138. The topological polar surface area (TPSA) is 161 Å². The van der Waals surface area contributed by atoms with Crippen molar-refractivity contribution in [1.82, 2.24) is 24.6 Å². The van der Waals surface area contributed by atoms with Crippen molar-refractivity contribution in [2.24, 2.45) is 17.4 Å². The Kier molecular flexibility index (Phi) is 8.77. The third-order valence-corrected chi connectivity index (χ3v) is 10.7. The maximum atomic E-state index is 13.2. The fourth-order valence-corrected chi connectivity index (χ4v) is 8.12. The number of para-hydroxylation sites is 1. The molecule has 1 unspecified atom stereocenters. The molecule has 3 fully saturated rings. The molecule has 6 rings (SSSR count). The lowest BCUT2D eigenvalue weighted by Crippen LogP contribution is -2.53. The van der Waals surface area contributed by atoms with E-state index in [1.807, 2.05) is 18.2 Å². The number of nitrogens with two attached hydrogens (primary N) is 3. The first-order chi connectivity index (χ1) is 21.2. The van der Waals surface area contributed by atoms with E-state index in [2.05, 4.69) is 26.6 Å². The Morgan fingerprint density at radius 1 is 0.886 bits per heavy atom. The first kappa shape index (κ1) is 30.3. The molecule has 4 aliphatic rings. The first-order valence-electron chi connectivity index (χ1n) is 16.3. The second-order valence-corrected chi connectivity index (χ2v) is 13.0. The molecule has 1 atom stereocenters. The van der Waals surface area contributed by atoms with Crippen molar-refractivity contribution >= 4 is 29.5 Å². The molecule has 11 heteroatoms. The highest BCUT2D eigenvalue weighted by Crippen LogP contribution is 2.40. The van der Waals surface area contributed by atoms with Gasteiger partial charge < -0.3 is 42.0 Å². The van der Waals surface area contributed by atoms with Crippen molar-refractivity contribution in [3.8, 4) is 5.75 Å². The SMILES string of the molecule is CC1c2c([nH]c(N)c2/C=C(\N)c2ccccc2O)CCN1C1CCN(C2CCN(C(=O)C3CCN(C(N)=O)CC3)CC2)CC1. The van der Waals surface area contributed by atoms with Gasteiger partial charge in [-0.15, -0.1) is 0 Å². The number of fused-ring (bicyclic) bond motifs is 1. The molecule has 5 heterocycles. The molecule has 1 aromatic carbocycles. The van der Waals surface area contributed by atoms with Crippen molar-refractivity contribution in [1.29, 1.82) is 0 Å². The number of phenolic OH excluding ortho intramolecular Hbond substituents is 1. The zero-order valence-electron chi connectivity index (χ0n) is 25.9. The predicted molar refractivity (Wildman–Crippen MR) is 172 cm³/mol. The summed E-state index contributed by atoms with van der Waals surface area (Å²) in [6, 6.07) is 7.96. The van der Waals surface area contributed by atoms with Crippen LogP contribution in [0.4, 0.5) is 10.6 Å². The molecule has 11 nitrogen and oxygen atoms in total. The Hall–Kier alpha value is -3.70. The Balaban J connectivity index is 1.03. The van der Waals surface area contributed by atoms with Crippen molar-refractivity contribution < 1.29 is 14.7 Å². The number of aromatic amines is 1. The number of H-pyrrole nitrogens is 1. The van der Waals surface area contributed by atoms with Crippen LogP contribution in [0.1, 0.15) is 73.9 Å². The van der Waals surface area contributed by atoms with E-state index in [1.165, 1.54) is 11.3 Å². The minimum atomic E-state index is -0.387. The summed E-state index contributed by atoms with van der Waals surface area (Å²) in [5.74, 6) is 1.05. The van der Waals surface area contributed by atoms with Crippen LogP contribution in [0, 0.1) is 5.92 Å². The lowest BCUT2D eigenvalue weighted by atomic mass is 9.90. The number of urea groups is 1. The van der Waals surface area contributed by atoms with E-state index in [1.54, 1.807) is 17.0 Å². The van der Waals surface area contributed by atoms with E-state index < -0.39 is 0 Å². The molecule has 0 spiro atoms. The molecule has 0 saturated carbocycles. The number of aromatic nitrogens is 1. The number of nitrogens with one attached hydrogen (secondary N) is 1. The fraction of sp³-hybridized carbons (Fsp3) is 0.576. The summed E-state index contributed by atoms with van der Waals surface area (Å²) in [6.45, 7) is 8.22. The van der Waals surface area contributed by atoms with E-state index >= 15 is 0 Å². The number of phenols is 1. The van der Waals surface area contributed by atoms with E-state index in [9.17, 15) is 14.7 Å². The summed E-state index contributed by atoms with van der Waals surface area (Å²) in [6.07, 6.45) is 8.55. The summed E-state index contributed by atoms with van der Waals surface area (Å²) in [7, 11) is 0. The minimum Gasteiger partial charge on any atom is -0.507 e. The van der Waals surface area contributed by atoms with Crippen molar-refractivity contribution in [3.63, 3.8) is 0 Å². The molecule has 0 radical (unpaired) electrons. The third kappa shape index (κ3) is 5.99. The number of hydrogen-bond acceptors (Lipinski definition) is 7. The van der Waals surface area contributed by atoms with Crippen LogP contribution >= 0.6 is 0 Å². The van der Waals surface area contributed by atoms with Crippen molar-refractivity contribution in [2.45, 2.75) is 70.0 Å². The van der Waals surface area contributed by atoms with E-state index in [4.69, 9.17) is 17.2 Å². The quantitative estimate of drug-likeness (QED) is 0.351. The van der Waals surface area contributed by atoms with Gasteiger partial charge in [-0.1, -0.05) is 12.1 Å². The minimum absolute atomic E-state index is 0.0123. The molecule has 0 bridgehead atoms. The van der Waals surface area contributed by atoms with Crippen LogP contribution in [0.5, 0.6) is 5.75 Å². The van der Waals surface area contributed by atoms with Gasteiger partial charge in [-0.3, -0.25) is 9.69 Å². The largest absolute Gasteiger partial charge is 0.507 e. The number of likely N-dealkylation sites (tertiary alicyclic amines) is 3. The number of primary amides is 1. The lowest BCUT2D eigenvalue weighted by Gasteiger charge is -2.46. The number of hydrogen-bond donors (Lipinski definition) is 5. The highest BCUT2D eigenvalue weighted by atomic mass is 16.3. The maximum Gasteiger partial charge on any atom is 0.314 e. The molecular formula is C33H48N8O3. The van der Waals surface area contributed by atoms with Gasteiger partial charge in [-0.05, 0) is 82.3 Å². The molecule has 2 aromatic rings. The molecule has 3 saturated heterocycles. The number of aromatic hydroxyl groups is 1. The first-order valence-corrected chi connectivity index (χ1v) is 16.3. The average molecular weight is 605 g/mol. The summed E-state index contributed by atoms with van der Waals surface area (Å²) in [4.78, 5) is 37.0. The average Bonchev–Trinajstić information content (AvgIpc) is 3.36. The maximum absolute atomic E-state index is 13.2. The molecule has 1 aromatic heterocycles. The number of rotatable bonds is 5. The molecule has 44 heavy (non-hydrogen) atoms. The van der Waals surface area contributed by atoms with Gasteiger partial charge in [0.05, 0.1) is 0 Å². The summed E-state index contributed by atoms with van der Waals surface area (Å²) in [5, 5.41) is 10.3. The number of carbonyl (C=O) groups excluding carboxylic acids is 2. The van der Waals surface area contributed by atoms with Gasteiger partial charge in [-0.2, -0.15) is 0 Å². The zero-order valence-corrected chi connectivity index (χ0v) is 25.9. The fourth-order valence-electron chi connectivity index (χ4n) is 8.12. The standard InChI is InChI=1S/C33H48N8O3/c1-21-30-26(20-27(34)25-4-2-3-5-29(25)42)31(35)37-28(30)12-19-41(21)24-10-15-38(16-11-24)23-8-17-39(18-9-23)32(43)22-6-13-40(14-7-22)33(36)44/h2-5,20-24,37,42H,6-19,34-35H2,1H3,(H2,36,44)/b27-20-. The third-order valence-electron chi connectivity index (χ3n) is 10.7. The summed E-state index contributed by atoms with van der Waals surface area (Å²) >= 11 is 0. The van der Waals surface area contributed by atoms with Crippen LogP contribution in [0.25, 0.3) is 11.8 Å². The molecule has 238 valence electrons. The predicted octanol–water partition coefficient (Wildman–Crippen LogP) is 2.92. The zero-order chi connectivity index (χ0) is 31.0. The Labute approximate surface area is 260 Å². The van der Waals surface area contributed by atoms with Crippen LogP contribution in [0.15, 0.2) is 24.3 Å². The van der Waals surface area contributed by atoms with Gasteiger partial charge in [0, 0.05) is 85.7 Å². The van der Waals surface area contributed by atoms with Crippen LogP contribution in [-0.4, -0.2) is 99.5 Å². The summed E-state index contributed by atoms with van der Waals surface area (Å²) in [5.41, 5.74) is 22.8. The molecule has 3 amide bonds. The van der Waals surface area contributed by atoms with Crippen molar-refractivity contribution in [2.75, 3.05) is 51.5 Å². The normalized spacial score (nSPS) is 23.6. The highest BCUT2D eigenvalue weighted by Gasteiger charge is 2.37. The van der Waals surface area contributed by atoms with E-state index in [-0.39, 0.29) is 29.6 Å².